The van der Waals surface area contributed by atoms with Gasteiger partial charge in [-0.2, -0.15) is 0 Å². The zero-order valence-electron chi connectivity index (χ0n) is 37.1. The molecule has 0 aromatic rings. The summed E-state index contributed by atoms with van der Waals surface area (Å²) in [5.41, 5.74) is 0. The van der Waals surface area contributed by atoms with Gasteiger partial charge in [0.05, 0.1) is 12.2 Å². The molecule has 3 N–H and O–H groups in total. The Morgan fingerprint density at radius 2 is 0.745 bits per heavy atom. The lowest BCUT2D eigenvalue weighted by Crippen LogP contribution is -2.48. The van der Waals surface area contributed by atoms with Gasteiger partial charge in [0.2, 0.25) is 0 Å². The van der Waals surface area contributed by atoms with Crippen molar-refractivity contribution in [2.45, 2.75) is 231 Å². The standard InChI is InChI=1S/C39H86O8Si4/c1-36(2,3)48(13,14)44-32(21-23-40)28-34(46-50(17,18)38(7,8)9)26-30(42)25-31(43)27-35(47-51(19,20)39(10,11)12)29-33(22-24-41)45-49(15,16)37(4,5)6/h30,32-35,40-42H,21-29H2,1-20H3/t30?,32-,33+,34+,35-/m0/s1. The van der Waals surface area contributed by atoms with E-state index in [0.29, 0.717) is 32.1 Å². The number of aliphatic hydroxyl groups is 3. The van der Waals surface area contributed by atoms with Crippen LogP contribution in [0.4, 0.5) is 0 Å². The van der Waals surface area contributed by atoms with Crippen molar-refractivity contribution in [2.75, 3.05) is 13.2 Å². The number of aliphatic hydroxyl groups excluding tert-OH is 3. The predicted octanol–water partition coefficient (Wildman–Crippen LogP) is 10.2. The van der Waals surface area contributed by atoms with Gasteiger partial charge in [0.15, 0.2) is 33.3 Å². The van der Waals surface area contributed by atoms with E-state index in [0.717, 1.165) is 0 Å². The third-order valence-electron chi connectivity index (χ3n) is 12.5. The quantitative estimate of drug-likeness (QED) is 0.0929. The van der Waals surface area contributed by atoms with Gasteiger partial charge >= 0.3 is 0 Å². The molecule has 8 nitrogen and oxygen atoms in total. The van der Waals surface area contributed by atoms with Crippen LogP contribution in [-0.4, -0.2) is 98.1 Å². The van der Waals surface area contributed by atoms with Crippen LogP contribution in [-0.2, 0) is 22.5 Å². The molecule has 0 bridgehead atoms. The fourth-order valence-corrected chi connectivity index (χ4v) is 10.6. The zero-order chi connectivity index (χ0) is 40.7. The number of Topliss-reactive ketones (excluding diaryl/α,β-unsaturated/α-hetero) is 1. The van der Waals surface area contributed by atoms with E-state index < -0.39 is 39.4 Å². The van der Waals surface area contributed by atoms with E-state index in [4.69, 9.17) is 17.7 Å². The fourth-order valence-electron chi connectivity index (χ4n) is 5.05. The highest BCUT2D eigenvalue weighted by atomic mass is 28.4. The summed E-state index contributed by atoms with van der Waals surface area (Å²) in [7, 11) is -8.78. The minimum atomic E-state index is -2.26. The summed E-state index contributed by atoms with van der Waals surface area (Å²) < 4.78 is 27.4. The summed E-state index contributed by atoms with van der Waals surface area (Å²) in [5.74, 6) is -0.0446. The number of ketones is 1. The Hall–Kier alpha value is 0.258. The van der Waals surface area contributed by atoms with Crippen molar-refractivity contribution in [1.29, 1.82) is 0 Å². The highest BCUT2D eigenvalue weighted by Gasteiger charge is 2.44. The van der Waals surface area contributed by atoms with Crippen molar-refractivity contribution in [3.63, 3.8) is 0 Å². The maximum atomic E-state index is 13.8. The maximum absolute atomic E-state index is 13.8. The first kappa shape index (κ1) is 51.3. The second kappa shape index (κ2) is 19.4. The van der Waals surface area contributed by atoms with Gasteiger partial charge in [-0.1, -0.05) is 83.1 Å². The molecule has 51 heavy (non-hydrogen) atoms. The summed E-state index contributed by atoms with van der Waals surface area (Å²) in [5, 5.41) is 31.5. The molecule has 0 fully saturated rings. The van der Waals surface area contributed by atoms with Gasteiger partial charge in [-0.25, -0.2) is 0 Å². The zero-order valence-corrected chi connectivity index (χ0v) is 41.1. The molecule has 12 heteroatoms. The molecule has 1 unspecified atom stereocenters. The highest BCUT2D eigenvalue weighted by Crippen LogP contribution is 2.42. The van der Waals surface area contributed by atoms with E-state index in [9.17, 15) is 20.1 Å². The Bertz CT molecular complexity index is 1040. The second-order valence-corrected chi connectivity index (χ2v) is 40.4. The van der Waals surface area contributed by atoms with Gasteiger partial charge in [-0.3, -0.25) is 4.79 Å². The van der Waals surface area contributed by atoms with Crippen LogP contribution in [0.15, 0.2) is 0 Å². The number of carbonyl (C=O) groups is 1. The number of rotatable bonds is 22. The SMILES string of the molecule is CC(C)(C)[Si](C)(C)O[C@H](CCO)C[C@H](CC(=O)CC(O)C[C@H](C[C@H](CCO)O[Si](C)(C)C(C)(C)C)O[Si](C)(C)C(C)(C)C)O[Si](C)(C)C(C)(C)C. The topological polar surface area (TPSA) is 115 Å². The molecule has 0 aromatic carbocycles. The lowest BCUT2D eigenvalue weighted by molar-refractivity contribution is -0.123. The first-order valence-corrected chi connectivity index (χ1v) is 31.3. The normalized spacial score (nSPS) is 17.6. The molecule has 0 heterocycles. The molecule has 0 spiro atoms. The summed E-state index contributed by atoms with van der Waals surface area (Å²) >= 11 is 0. The third kappa shape index (κ3) is 17.3. The molecule has 0 radical (unpaired) electrons. The van der Waals surface area contributed by atoms with Crippen molar-refractivity contribution in [1.82, 2.24) is 0 Å². The van der Waals surface area contributed by atoms with Crippen LogP contribution >= 0.6 is 0 Å². The van der Waals surface area contributed by atoms with Crippen LogP contribution in [0.5, 0.6) is 0 Å². The van der Waals surface area contributed by atoms with Crippen LogP contribution in [0.3, 0.4) is 0 Å². The van der Waals surface area contributed by atoms with Crippen molar-refractivity contribution in [3.8, 4) is 0 Å². The first-order chi connectivity index (χ1) is 22.5. The number of carbonyl (C=O) groups excluding carboxylic acids is 1. The van der Waals surface area contributed by atoms with Crippen LogP contribution in [0, 0.1) is 0 Å². The van der Waals surface area contributed by atoms with Gasteiger partial charge in [0, 0.05) is 44.4 Å². The largest absolute Gasteiger partial charge is 0.414 e. The van der Waals surface area contributed by atoms with E-state index in [1.165, 1.54) is 0 Å². The smallest absolute Gasteiger partial charge is 0.192 e. The molecule has 306 valence electrons. The van der Waals surface area contributed by atoms with Gasteiger partial charge in [0.1, 0.15) is 5.78 Å². The Balaban J connectivity index is 6.32. The summed E-state index contributed by atoms with van der Waals surface area (Å²) in [6.07, 6.45) is 0.543. The van der Waals surface area contributed by atoms with E-state index in [1.807, 2.05) is 0 Å². The van der Waals surface area contributed by atoms with Crippen molar-refractivity contribution < 1.29 is 37.8 Å². The molecule has 5 atom stereocenters. The van der Waals surface area contributed by atoms with E-state index in [-0.39, 0.29) is 76.4 Å². The molecule has 0 saturated heterocycles. The average molecular weight is 795 g/mol. The fraction of sp³-hybridized carbons (Fsp3) is 0.974. The van der Waals surface area contributed by atoms with E-state index in [2.05, 4.69) is 135 Å². The average Bonchev–Trinajstić information content (AvgIpc) is 2.84. The molecule has 0 saturated carbocycles. The van der Waals surface area contributed by atoms with Gasteiger partial charge in [0.25, 0.3) is 0 Å². The van der Waals surface area contributed by atoms with Crippen molar-refractivity contribution >= 4 is 39.1 Å². The van der Waals surface area contributed by atoms with Crippen LogP contribution in [0.2, 0.25) is 72.5 Å². The Morgan fingerprint density at radius 1 is 0.471 bits per heavy atom. The summed E-state index contributed by atoms with van der Waals surface area (Å²) in [6, 6.07) is 0. The Labute approximate surface area is 320 Å². The maximum Gasteiger partial charge on any atom is 0.192 e. The van der Waals surface area contributed by atoms with E-state index >= 15 is 0 Å². The highest BCUT2D eigenvalue weighted by molar-refractivity contribution is 6.75. The van der Waals surface area contributed by atoms with Crippen LogP contribution < -0.4 is 0 Å². The minimum Gasteiger partial charge on any atom is -0.414 e. The molecular weight excluding hydrogens is 709 g/mol. The van der Waals surface area contributed by atoms with E-state index in [1.54, 1.807) is 0 Å². The van der Waals surface area contributed by atoms with Crippen molar-refractivity contribution in [3.05, 3.63) is 0 Å². The number of hydrogen-bond acceptors (Lipinski definition) is 8. The lowest BCUT2D eigenvalue weighted by Gasteiger charge is -2.43. The lowest BCUT2D eigenvalue weighted by atomic mass is 9.97. The predicted molar refractivity (Wildman–Crippen MR) is 226 cm³/mol. The molecule has 0 aliphatic carbocycles. The molecule has 0 rings (SSSR count). The van der Waals surface area contributed by atoms with Crippen LogP contribution in [0.25, 0.3) is 0 Å². The molecular formula is C39H86O8Si4. The van der Waals surface area contributed by atoms with Crippen molar-refractivity contribution in [2.24, 2.45) is 0 Å². The molecule has 0 amide bonds. The van der Waals surface area contributed by atoms with Crippen LogP contribution in [0.1, 0.15) is 128 Å². The van der Waals surface area contributed by atoms with Gasteiger partial charge < -0.3 is 33.0 Å². The number of hydrogen-bond donors (Lipinski definition) is 3. The second-order valence-electron chi connectivity index (χ2n) is 21.3. The molecule has 0 aromatic heterocycles. The Morgan fingerprint density at radius 3 is 1.04 bits per heavy atom. The molecule has 0 aliphatic heterocycles. The van der Waals surface area contributed by atoms with Gasteiger partial charge in [-0.15, -0.1) is 0 Å². The summed E-state index contributed by atoms with van der Waals surface area (Å²) in [6.45, 7) is 44.2. The minimum absolute atomic E-state index is 0.00475. The van der Waals surface area contributed by atoms with Gasteiger partial charge in [-0.05, 0) is 105 Å². The third-order valence-corrected chi connectivity index (χ3v) is 30.6. The summed E-state index contributed by atoms with van der Waals surface area (Å²) in [4.78, 5) is 13.8. The Kier molecular flexibility index (Phi) is 19.5. The first-order valence-electron chi connectivity index (χ1n) is 19.6. The molecule has 0 aliphatic rings. The monoisotopic (exact) mass is 795 g/mol.